The van der Waals surface area contributed by atoms with Crippen LogP contribution in [0.4, 0.5) is 0 Å². The molecule has 26 heavy (non-hydrogen) atoms. The molecule has 0 unspecified atom stereocenters. The molecule has 0 amide bonds. The maximum Gasteiger partial charge on any atom is 0.332 e. The minimum atomic E-state index is -1.43. The van der Waals surface area contributed by atoms with Gasteiger partial charge in [-0.2, -0.15) is 0 Å². The predicted octanol–water partition coefficient (Wildman–Crippen LogP) is -1.37. The van der Waals surface area contributed by atoms with Gasteiger partial charge in [-0.3, -0.25) is 13.9 Å². The van der Waals surface area contributed by atoms with Crippen LogP contribution in [0.1, 0.15) is 30.2 Å². The van der Waals surface area contributed by atoms with E-state index in [1.165, 1.54) is 16.2 Å². The minimum Gasteiger partial charge on any atom is -0.548 e. The van der Waals surface area contributed by atoms with Gasteiger partial charge in [-0.1, -0.05) is 6.92 Å². The predicted molar refractivity (Wildman–Crippen MR) is 98.8 cm³/mol. The maximum atomic E-state index is 12.9. The summed E-state index contributed by atoms with van der Waals surface area (Å²) < 4.78 is 2.42. The second-order valence-electron chi connectivity index (χ2n) is 7.54. The topological polar surface area (TPSA) is 88.6 Å². The number of aliphatic carboxylic acids is 1. The molecule has 0 fully saturated rings. The molecule has 1 aliphatic carbocycles. The molecule has 7 nitrogen and oxygen atoms in total. The van der Waals surface area contributed by atoms with E-state index in [2.05, 4.69) is 6.92 Å². The van der Waals surface area contributed by atoms with Crippen molar-refractivity contribution in [1.82, 2.24) is 9.13 Å². The van der Waals surface area contributed by atoms with Crippen LogP contribution >= 0.6 is 11.3 Å². The molecule has 2 aromatic heterocycles. The van der Waals surface area contributed by atoms with Crippen molar-refractivity contribution in [2.75, 3.05) is 20.6 Å². The van der Waals surface area contributed by atoms with Gasteiger partial charge >= 0.3 is 5.69 Å². The lowest BCUT2D eigenvalue weighted by Crippen LogP contribution is -3.05. The van der Waals surface area contributed by atoms with E-state index in [0.717, 1.165) is 47.2 Å². The van der Waals surface area contributed by atoms with Gasteiger partial charge in [0.15, 0.2) is 0 Å². The molecule has 0 aromatic carbocycles. The molecule has 3 rings (SSSR count). The first-order chi connectivity index (χ1) is 12.3. The van der Waals surface area contributed by atoms with E-state index in [1.54, 1.807) is 4.57 Å². The van der Waals surface area contributed by atoms with Crippen LogP contribution in [-0.2, 0) is 30.7 Å². The zero-order chi connectivity index (χ0) is 19.0. The number of carboxylic acids is 1. The molecule has 1 N–H and O–H groups in total. The molecular formula is C18H25N3O4S. The van der Waals surface area contributed by atoms with Crippen molar-refractivity contribution in [1.29, 1.82) is 0 Å². The summed E-state index contributed by atoms with van der Waals surface area (Å²) in [5.41, 5.74) is -0.0324. The monoisotopic (exact) mass is 379 g/mol. The third-order valence-electron chi connectivity index (χ3n) is 5.00. The molecule has 1 aliphatic rings. The summed E-state index contributed by atoms with van der Waals surface area (Å²) in [6, 6.07) is 0. The number of quaternary nitrogens is 1. The fourth-order valence-corrected chi connectivity index (χ4v) is 5.18. The van der Waals surface area contributed by atoms with E-state index >= 15 is 0 Å². The Bertz CT molecular complexity index is 954. The molecular weight excluding hydrogens is 354 g/mol. The Morgan fingerprint density at radius 1 is 1.31 bits per heavy atom. The first-order valence-electron chi connectivity index (χ1n) is 9.06. The summed E-state index contributed by atoms with van der Waals surface area (Å²) in [6.45, 7) is 2.85. The molecule has 1 atom stereocenters. The van der Waals surface area contributed by atoms with Crippen LogP contribution in [0.2, 0.25) is 0 Å². The number of hydrogen-bond acceptors (Lipinski definition) is 5. The third-order valence-corrected chi connectivity index (χ3v) is 6.28. The van der Waals surface area contributed by atoms with E-state index in [4.69, 9.17) is 0 Å². The SMILES string of the molecule is C[C@@H]1CCc2c(sc3c2c(=O)n(CC(=O)[O-])c(=O)n3CCC[NH+](C)C)C1. The molecule has 0 bridgehead atoms. The summed E-state index contributed by atoms with van der Waals surface area (Å²) in [5.74, 6) is -0.871. The second kappa shape index (κ2) is 7.36. The molecule has 8 heteroatoms. The molecule has 0 aliphatic heterocycles. The van der Waals surface area contributed by atoms with Crippen LogP contribution in [0.5, 0.6) is 0 Å². The molecule has 0 saturated carbocycles. The Kier molecular flexibility index (Phi) is 5.34. The van der Waals surface area contributed by atoms with E-state index in [9.17, 15) is 19.5 Å². The minimum absolute atomic E-state index is 0.475. The van der Waals surface area contributed by atoms with Crippen LogP contribution in [-0.4, -0.2) is 35.7 Å². The van der Waals surface area contributed by atoms with Crippen LogP contribution in [0.25, 0.3) is 10.2 Å². The number of nitrogens with one attached hydrogen (secondary N) is 1. The van der Waals surface area contributed by atoms with Crippen molar-refractivity contribution in [2.24, 2.45) is 5.92 Å². The van der Waals surface area contributed by atoms with Gasteiger partial charge in [-0.15, -0.1) is 11.3 Å². The number of hydrogen-bond donors (Lipinski definition) is 1. The first kappa shape index (κ1) is 18.8. The normalized spacial score (nSPS) is 17.0. The highest BCUT2D eigenvalue weighted by Crippen LogP contribution is 2.36. The summed E-state index contributed by atoms with van der Waals surface area (Å²) in [5, 5.41) is 11.6. The lowest BCUT2D eigenvalue weighted by atomic mass is 9.89. The lowest BCUT2D eigenvalue weighted by molar-refractivity contribution is -0.858. The Hall–Kier alpha value is -1.93. The highest BCUT2D eigenvalue weighted by molar-refractivity contribution is 7.18. The van der Waals surface area contributed by atoms with Crippen molar-refractivity contribution in [2.45, 2.75) is 45.7 Å². The highest BCUT2D eigenvalue weighted by Gasteiger charge is 2.25. The van der Waals surface area contributed by atoms with Crippen LogP contribution < -0.4 is 21.3 Å². The average molecular weight is 379 g/mol. The quantitative estimate of drug-likeness (QED) is 0.671. The maximum absolute atomic E-state index is 12.9. The third kappa shape index (κ3) is 3.48. The Morgan fingerprint density at radius 2 is 2.04 bits per heavy atom. The number of nitrogens with zero attached hydrogens (tertiary/aromatic N) is 2. The Balaban J connectivity index is 2.20. The zero-order valence-electron chi connectivity index (χ0n) is 15.5. The van der Waals surface area contributed by atoms with Crippen molar-refractivity contribution >= 4 is 27.5 Å². The van der Waals surface area contributed by atoms with Gasteiger partial charge < -0.3 is 14.8 Å². The molecule has 0 radical (unpaired) electrons. The van der Waals surface area contributed by atoms with Crippen molar-refractivity contribution in [3.8, 4) is 0 Å². The number of carbonyl (C=O) groups excluding carboxylic acids is 1. The first-order valence-corrected chi connectivity index (χ1v) is 9.88. The Morgan fingerprint density at radius 3 is 2.69 bits per heavy atom. The molecule has 2 heterocycles. The summed E-state index contributed by atoms with van der Waals surface area (Å²) in [4.78, 5) is 39.9. The van der Waals surface area contributed by atoms with Gasteiger partial charge in [0, 0.05) is 17.8 Å². The molecule has 0 saturated heterocycles. The highest BCUT2D eigenvalue weighted by atomic mass is 32.1. The van der Waals surface area contributed by atoms with Gasteiger partial charge in [0.2, 0.25) is 0 Å². The molecule has 0 spiro atoms. The van der Waals surface area contributed by atoms with Crippen LogP contribution in [0.15, 0.2) is 9.59 Å². The van der Waals surface area contributed by atoms with Crippen molar-refractivity contribution < 1.29 is 14.8 Å². The number of rotatable bonds is 6. The number of aromatic nitrogens is 2. The fraction of sp³-hybridized carbons (Fsp3) is 0.611. The fourth-order valence-electron chi connectivity index (χ4n) is 3.66. The van der Waals surface area contributed by atoms with Crippen LogP contribution in [0, 0.1) is 5.92 Å². The molecule has 2 aromatic rings. The van der Waals surface area contributed by atoms with E-state index < -0.39 is 23.8 Å². The lowest BCUT2D eigenvalue weighted by Gasteiger charge is -2.17. The van der Waals surface area contributed by atoms with Gasteiger partial charge in [0.1, 0.15) is 4.83 Å². The van der Waals surface area contributed by atoms with Gasteiger partial charge in [0.05, 0.1) is 38.5 Å². The van der Waals surface area contributed by atoms with E-state index in [1.807, 2.05) is 14.1 Å². The van der Waals surface area contributed by atoms with Crippen molar-refractivity contribution in [3.63, 3.8) is 0 Å². The number of carboxylic acid groups (broad SMARTS) is 1. The number of thiophene rings is 1. The Labute approximate surface area is 155 Å². The average Bonchev–Trinajstić information content (AvgIpc) is 2.92. The summed E-state index contributed by atoms with van der Waals surface area (Å²) in [6.07, 6.45) is 3.49. The van der Waals surface area contributed by atoms with E-state index in [-0.39, 0.29) is 0 Å². The van der Waals surface area contributed by atoms with Gasteiger partial charge in [0.25, 0.3) is 5.56 Å². The zero-order valence-corrected chi connectivity index (χ0v) is 16.3. The summed E-state index contributed by atoms with van der Waals surface area (Å²) >= 11 is 1.52. The van der Waals surface area contributed by atoms with Crippen LogP contribution in [0.3, 0.4) is 0 Å². The van der Waals surface area contributed by atoms with E-state index in [0.29, 0.717) is 22.7 Å². The summed E-state index contributed by atoms with van der Waals surface area (Å²) in [7, 11) is 4.08. The standard InChI is InChI=1S/C18H25N3O4S/c1-11-5-6-12-13(9-11)26-17-15(12)16(24)21(10-14(22)23)18(25)20(17)8-4-7-19(2)3/h11H,4-10H2,1-3H3,(H,22,23)/t11-/m1/s1. The second-order valence-corrected chi connectivity index (χ2v) is 8.62. The molecule has 142 valence electrons. The number of carbonyl (C=O) groups is 1. The smallest absolute Gasteiger partial charge is 0.332 e. The van der Waals surface area contributed by atoms with Crippen molar-refractivity contribution in [3.05, 3.63) is 31.3 Å². The van der Waals surface area contributed by atoms with Gasteiger partial charge in [-0.25, -0.2) is 4.79 Å². The number of fused-ring (bicyclic) bond motifs is 3. The largest absolute Gasteiger partial charge is 0.548 e. The van der Waals surface area contributed by atoms with Gasteiger partial charge in [-0.05, 0) is 30.7 Å². The number of aryl methyl sites for hydroxylation is 2.